The molecule has 1 saturated heterocycles. The molecule has 1 aliphatic heterocycles. The fourth-order valence-electron chi connectivity index (χ4n) is 2.56. The van der Waals surface area contributed by atoms with Gasteiger partial charge in [-0.05, 0) is 38.0 Å². The van der Waals surface area contributed by atoms with Crippen molar-refractivity contribution in [2.24, 2.45) is 10.8 Å². The predicted molar refractivity (Wildman–Crippen MR) is 146 cm³/mol. The summed E-state index contributed by atoms with van der Waals surface area (Å²) in [7, 11) is 0. The van der Waals surface area contributed by atoms with Gasteiger partial charge in [0.15, 0.2) is 0 Å². The maximum atomic E-state index is 11.9. The van der Waals surface area contributed by atoms with Gasteiger partial charge in [-0.15, -0.1) is 0 Å². The monoisotopic (exact) mass is 528 g/mol. The lowest BCUT2D eigenvalue weighted by atomic mass is 9.95. The number of ketones is 1. The van der Waals surface area contributed by atoms with E-state index in [0.29, 0.717) is 0 Å². The average Bonchev–Trinajstić information content (AvgIpc) is 3.44. The summed E-state index contributed by atoms with van der Waals surface area (Å²) < 4.78 is 9.60. The summed E-state index contributed by atoms with van der Waals surface area (Å²) in [6, 6.07) is 5.00. The third-order valence-corrected chi connectivity index (χ3v) is 4.90. The standard InChI is InChI=1S/C14H18N2O4.C10H14N2O.C4H8O/c1-5-20-12(18)11(17)9-8-15-7-6-10(9)16-13(19)14(2,3)4;1-10(2,3)9(13)12-8-4-6-11-7-5-8;1-2-4-5-3-1/h6-8H,5H2,1-4H3,(H,15,16,19);4-7H,1-3H3,(H,11,12,13);1-4H2. The number of aromatic nitrogens is 2. The molecular weight excluding hydrogens is 488 g/mol. The van der Waals surface area contributed by atoms with Crippen LogP contribution in [0.15, 0.2) is 43.0 Å². The van der Waals surface area contributed by atoms with E-state index in [4.69, 9.17) is 4.74 Å². The van der Waals surface area contributed by atoms with Gasteiger partial charge < -0.3 is 20.1 Å². The minimum atomic E-state index is -0.966. The zero-order valence-electron chi connectivity index (χ0n) is 23.4. The topological polar surface area (TPSA) is 137 Å². The second-order valence-electron chi connectivity index (χ2n) is 10.4. The Morgan fingerprint density at radius 1 is 0.842 bits per heavy atom. The van der Waals surface area contributed by atoms with Crippen LogP contribution in [0, 0.1) is 10.8 Å². The van der Waals surface area contributed by atoms with Crippen LogP contribution >= 0.6 is 0 Å². The number of rotatable bonds is 5. The Balaban J connectivity index is 0.000000339. The van der Waals surface area contributed by atoms with Crippen LogP contribution in [0.4, 0.5) is 11.4 Å². The molecule has 10 heteroatoms. The van der Waals surface area contributed by atoms with Crippen LogP contribution < -0.4 is 10.6 Å². The first kappa shape index (κ1) is 32.4. The second kappa shape index (κ2) is 15.6. The molecule has 3 heterocycles. The SMILES string of the molecule is C1CCOC1.CC(C)(C)C(=O)Nc1ccncc1.CCOC(=O)C(=O)c1cnccc1NC(=O)C(C)(C)C. The first-order chi connectivity index (χ1) is 17.8. The highest BCUT2D eigenvalue weighted by atomic mass is 16.5. The fourth-order valence-corrected chi connectivity index (χ4v) is 2.56. The number of carbonyl (C=O) groups excluding carboxylic acids is 4. The fraction of sp³-hybridized carbons (Fsp3) is 0.500. The third-order valence-electron chi connectivity index (χ3n) is 4.90. The lowest BCUT2D eigenvalue weighted by Gasteiger charge is -2.18. The number of ether oxygens (including phenoxy) is 2. The van der Waals surface area contributed by atoms with E-state index >= 15 is 0 Å². The molecule has 0 aliphatic carbocycles. The number of anilines is 2. The molecule has 0 bridgehead atoms. The van der Waals surface area contributed by atoms with Crippen LogP contribution in [-0.4, -0.2) is 53.4 Å². The van der Waals surface area contributed by atoms with Gasteiger partial charge in [-0.1, -0.05) is 41.5 Å². The van der Waals surface area contributed by atoms with Crippen molar-refractivity contribution in [3.05, 3.63) is 48.5 Å². The van der Waals surface area contributed by atoms with Crippen LogP contribution in [0.1, 0.15) is 71.7 Å². The Bertz CT molecular complexity index is 1050. The number of pyridine rings is 2. The highest BCUT2D eigenvalue weighted by Crippen LogP contribution is 2.20. The van der Waals surface area contributed by atoms with Gasteiger partial charge in [0.05, 0.1) is 17.9 Å². The number of nitrogens with one attached hydrogen (secondary N) is 2. The largest absolute Gasteiger partial charge is 0.460 e. The zero-order valence-corrected chi connectivity index (χ0v) is 23.4. The van der Waals surface area contributed by atoms with Crippen molar-refractivity contribution in [1.29, 1.82) is 0 Å². The molecule has 0 radical (unpaired) electrons. The molecular formula is C28H40N4O6. The summed E-state index contributed by atoms with van der Waals surface area (Å²) in [5, 5.41) is 5.42. The van der Waals surface area contributed by atoms with Crippen LogP contribution in [0.5, 0.6) is 0 Å². The van der Waals surface area contributed by atoms with E-state index in [2.05, 4.69) is 25.3 Å². The number of Topliss-reactive ketones (excluding diaryl/α,β-unsaturated/α-hetero) is 1. The summed E-state index contributed by atoms with van der Waals surface area (Å²) in [6.45, 7) is 14.6. The highest BCUT2D eigenvalue weighted by Gasteiger charge is 2.26. The van der Waals surface area contributed by atoms with E-state index < -0.39 is 17.2 Å². The van der Waals surface area contributed by atoms with E-state index in [1.807, 2.05) is 20.8 Å². The Labute approximate surface area is 224 Å². The number of esters is 1. The van der Waals surface area contributed by atoms with Gasteiger partial charge in [-0.2, -0.15) is 0 Å². The molecule has 0 spiro atoms. The molecule has 1 fully saturated rings. The van der Waals surface area contributed by atoms with Crippen molar-refractivity contribution in [3.63, 3.8) is 0 Å². The maximum Gasteiger partial charge on any atom is 0.379 e. The first-order valence-electron chi connectivity index (χ1n) is 12.5. The van der Waals surface area contributed by atoms with Crippen LogP contribution in [-0.2, 0) is 23.9 Å². The van der Waals surface area contributed by atoms with Gasteiger partial charge in [-0.3, -0.25) is 24.4 Å². The maximum absolute atomic E-state index is 11.9. The van der Waals surface area contributed by atoms with Crippen LogP contribution in [0.2, 0.25) is 0 Å². The van der Waals surface area contributed by atoms with Crippen molar-refractivity contribution in [3.8, 4) is 0 Å². The molecule has 0 atom stereocenters. The Morgan fingerprint density at radius 2 is 1.37 bits per heavy atom. The van der Waals surface area contributed by atoms with Crippen molar-refractivity contribution < 1.29 is 28.7 Å². The predicted octanol–water partition coefficient (Wildman–Crippen LogP) is 4.68. The van der Waals surface area contributed by atoms with E-state index in [9.17, 15) is 19.2 Å². The molecule has 10 nitrogen and oxygen atoms in total. The molecule has 0 saturated carbocycles. The zero-order chi connectivity index (χ0) is 28.8. The molecule has 208 valence electrons. The molecule has 0 aromatic carbocycles. The Morgan fingerprint density at radius 3 is 1.84 bits per heavy atom. The summed E-state index contributed by atoms with van der Waals surface area (Å²) in [4.78, 5) is 54.5. The third kappa shape index (κ3) is 12.1. The second-order valence-corrected chi connectivity index (χ2v) is 10.4. The molecule has 38 heavy (non-hydrogen) atoms. The van der Waals surface area contributed by atoms with Crippen molar-refractivity contribution in [2.45, 2.75) is 61.3 Å². The molecule has 2 N–H and O–H groups in total. The normalized spacial score (nSPS) is 12.6. The minimum absolute atomic E-state index is 0.0127. The Hall–Kier alpha value is -3.66. The van der Waals surface area contributed by atoms with Crippen LogP contribution in [0.3, 0.4) is 0 Å². The summed E-state index contributed by atoms with van der Waals surface area (Å²) >= 11 is 0. The van der Waals surface area contributed by atoms with Crippen LogP contribution in [0.25, 0.3) is 0 Å². The lowest BCUT2D eigenvalue weighted by Crippen LogP contribution is -2.29. The minimum Gasteiger partial charge on any atom is -0.460 e. The van der Waals surface area contributed by atoms with Crippen molar-refractivity contribution in [2.75, 3.05) is 30.5 Å². The molecule has 3 rings (SSSR count). The van der Waals surface area contributed by atoms with Crippen molar-refractivity contribution >= 4 is 34.9 Å². The van der Waals surface area contributed by atoms with E-state index in [-0.39, 0.29) is 35.1 Å². The van der Waals surface area contributed by atoms with E-state index in [0.717, 1.165) is 18.9 Å². The highest BCUT2D eigenvalue weighted by molar-refractivity contribution is 6.42. The molecule has 2 amide bonds. The van der Waals surface area contributed by atoms with Gasteiger partial charge in [0, 0.05) is 54.5 Å². The average molecular weight is 529 g/mol. The number of carbonyl (C=O) groups is 4. The van der Waals surface area contributed by atoms with Gasteiger partial charge in [0.2, 0.25) is 11.8 Å². The number of amides is 2. The smallest absolute Gasteiger partial charge is 0.379 e. The number of hydrogen-bond acceptors (Lipinski definition) is 8. The summed E-state index contributed by atoms with van der Waals surface area (Å²) in [5.74, 6) is -2.05. The van der Waals surface area contributed by atoms with Gasteiger partial charge in [0.25, 0.3) is 5.78 Å². The van der Waals surface area contributed by atoms with Gasteiger partial charge in [0.1, 0.15) is 0 Å². The molecule has 0 unspecified atom stereocenters. The quantitative estimate of drug-likeness (QED) is 0.324. The van der Waals surface area contributed by atoms with E-state index in [1.54, 1.807) is 52.2 Å². The number of nitrogens with zero attached hydrogens (tertiary/aromatic N) is 2. The van der Waals surface area contributed by atoms with Gasteiger partial charge >= 0.3 is 5.97 Å². The summed E-state index contributed by atoms with van der Waals surface area (Å²) in [5.41, 5.74) is 0.0769. The van der Waals surface area contributed by atoms with E-state index in [1.165, 1.54) is 31.3 Å². The summed E-state index contributed by atoms with van der Waals surface area (Å²) in [6.07, 6.45) is 8.52. The molecule has 2 aromatic rings. The lowest BCUT2D eigenvalue weighted by molar-refractivity contribution is -0.137. The molecule has 1 aliphatic rings. The first-order valence-corrected chi connectivity index (χ1v) is 12.5. The Kier molecular flexibility index (Phi) is 13.3. The number of hydrogen-bond donors (Lipinski definition) is 2. The van der Waals surface area contributed by atoms with Gasteiger partial charge in [-0.25, -0.2) is 4.79 Å². The van der Waals surface area contributed by atoms with Crippen molar-refractivity contribution in [1.82, 2.24) is 9.97 Å². The molecule has 2 aromatic heterocycles.